The number of aromatic nitrogens is 2. The summed E-state index contributed by atoms with van der Waals surface area (Å²) in [7, 11) is 0. The molecule has 2 N–H and O–H groups in total. The Kier molecular flexibility index (Phi) is 2.50. The molecule has 0 unspecified atom stereocenters. The van der Waals surface area contributed by atoms with Crippen LogP contribution in [0.25, 0.3) is 21.9 Å². The third kappa shape index (κ3) is 1.87. The lowest BCUT2D eigenvalue weighted by molar-refractivity contribution is 0.102. The number of hydrogen-bond acceptors (Lipinski definition) is 3. The summed E-state index contributed by atoms with van der Waals surface area (Å²) in [6.45, 7) is 0. The molecular weight excluding hydrogens is 266 g/mol. The minimum atomic E-state index is -0.239. The number of para-hydroxylation sites is 2. The van der Waals surface area contributed by atoms with Gasteiger partial charge < -0.3 is 9.73 Å². The quantitative estimate of drug-likeness (QED) is 0.588. The van der Waals surface area contributed by atoms with Crippen LogP contribution in [0.1, 0.15) is 10.4 Å². The summed E-state index contributed by atoms with van der Waals surface area (Å²) >= 11 is 0. The van der Waals surface area contributed by atoms with Gasteiger partial charge in [-0.2, -0.15) is 5.10 Å². The van der Waals surface area contributed by atoms with Crippen molar-refractivity contribution in [2.24, 2.45) is 0 Å². The molecular formula is C16H11N3O2. The summed E-state index contributed by atoms with van der Waals surface area (Å²) in [5.41, 5.74) is 2.07. The summed E-state index contributed by atoms with van der Waals surface area (Å²) in [5.74, 6) is 0.276. The van der Waals surface area contributed by atoms with Crippen molar-refractivity contribution in [3.05, 3.63) is 60.4 Å². The molecule has 2 aromatic heterocycles. The molecule has 0 radical (unpaired) electrons. The molecule has 4 aromatic rings. The Balaban J connectivity index is 1.72. The number of aromatic amines is 1. The molecule has 5 heteroatoms. The van der Waals surface area contributed by atoms with Gasteiger partial charge in [0.25, 0.3) is 5.91 Å². The normalized spacial score (nSPS) is 11.0. The molecule has 0 spiro atoms. The molecule has 2 heterocycles. The second kappa shape index (κ2) is 4.49. The molecule has 0 atom stereocenters. The summed E-state index contributed by atoms with van der Waals surface area (Å²) < 4.78 is 5.39. The summed E-state index contributed by atoms with van der Waals surface area (Å²) in [4.78, 5) is 12.4. The van der Waals surface area contributed by atoms with E-state index in [0.29, 0.717) is 17.0 Å². The Hall–Kier alpha value is -3.08. The number of fused-ring (bicyclic) bond motifs is 2. The van der Waals surface area contributed by atoms with Crippen LogP contribution in [0.4, 0.5) is 5.82 Å². The average molecular weight is 277 g/mol. The fourth-order valence-electron chi connectivity index (χ4n) is 2.39. The number of hydrogen-bond donors (Lipinski definition) is 2. The van der Waals surface area contributed by atoms with Gasteiger partial charge in [-0.3, -0.25) is 9.89 Å². The van der Waals surface area contributed by atoms with Crippen molar-refractivity contribution in [1.82, 2.24) is 10.2 Å². The molecule has 0 aliphatic heterocycles. The van der Waals surface area contributed by atoms with Crippen LogP contribution in [0.15, 0.2) is 59.2 Å². The monoisotopic (exact) mass is 277 g/mol. The molecule has 1 amide bonds. The summed E-state index contributed by atoms with van der Waals surface area (Å²) in [6.07, 6.45) is 1.47. The average Bonchev–Trinajstić information content (AvgIpc) is 3.12. The molecule has 2 aromatic carbocycles. The van der Waals surface area contributed by atoms with E-state index < -0.39 is 0 Å². The number of rotatable bonds is 2. The summed E-state index contributed by atoms with van der Waals surface area (Å²) in [5, 5.41) is 11.5. The highest BCUT2D eigenvalue weighted by Crippen LogP contribution is 2.24. The Labute approximate surface area is 119 Å². The van der Waals surface area contributed by atoms with Gasteiger partial charge in [-0.15, -0.1) is 0 Å². The number of anilines is 1. The standard InChI is InChI=1S/C16H11N3O2/c20-16(12-9-21-14-8-4-2-5-10(12)14)17-15-11-6-1-3-7-13(11)18-19-15/h1-9H,(H2,17,18,19,20). The fourth-order valence-corrected chi connectivity index (χ4v) is 2.39. The number of carbonyl (C=O) groups excluding carboxylic acids is 1. The van der Waals surface area contributed by atoms with E-state index in [2.05, 4.69) is 15.5 Å². The first-order valence-electron chi connectivity index (χ1n) is 6.53. The molecule has 102 valence electrons. The van der Waals surface area contributed by atoms with E-state index in [1.165, 1.54) is 6.26 Å². The van der Waals surface area contributed by atoms with Gasteiger partial charge >= 0.3 is 0 Å². The van der Waals surface area contributed by atoms with E-state index in [4.69, 9.17) is 4.42 Å². The minimum Gasteiger partial charge on any atom is -0.463 e. The van der Waals surface area contributed by atoms with Gasteiger partial charge in [0.05, 0.1) is 11.1 Å². The Morgan fingerprint density at radius 3 is 2.71 bits per heavy atom. The van der Waals surface area contributed by atoms with Crippen LogP contribution in [-0.2, 0) is 0 Å². The predicted molar refractivity (Wildman–Crippen MR) is 80.3 cm³/mol. The van der Waals surface area contributed by atoms with E-state index in [0.717, 1.165) is 16.3 Å². The van der Waals surface area contributed by atoms with Crippen LogP contribution in [0.3, 0.4) is 0 Å². The number of nitrogens with one attached hydrogen (secondary N) is 2. The third-order valence-corrected chi connectivity index (χ3v) is 3.43. The van der Waals surface area contributed by atoms with Crippen molar-refractivity contribution in [3.63, 3.8) is 0 Å². The van der Waals surface area contributed by atoms with Crippen LogP contribution in [0, 0.1) is 0 Å². The zero-order valence-corrected chi connectivity index (χ0v) is 11.0. The Morgan fingerprint density at radius 1 is 1.05 bits per heavy atom. The molecule has 0 fully saturated rings. The van der Waals surface area contributed by atoms with Crippen molar-refractivity contribution in [1.29, 1.82) is 0 Å². The largest absolute Gasteiger partial charge is 0.463 e. The van der Waals surface area contributed by atoms with Gasteiger partial charge in [-0.1, -0.05) is 30.3 Å². The van der Waals surface area contributed by atoms with Gasteiger partial charge in [-0.05, 0) is 18.2 Å². The van der Waals surface area contributed by atoms with Crippen LogP contribution in [0.5, 0.6) is 0 Å². The third-order valence-electron chi connectivity index (χ3n) is 3.43. The SMILES string of the molecule is O=C(Nc1n[nH]c2ccccc12)c1coc2ccccc12. The number of H-pyrrole nitrogens is 1. The molecule has 0 aliphatic carbocycles. The molecule has 0 aliphatic rings. The molecule has 4 rings (SSSR count). The van der Waals surface area contributed by atoms with Crippen molar-refractivity contribution in [2.75, 3.05) is 5.32 Å². The van der Waals surface area contributed by atoms with E-state index in [1.54, 1.807) is 0 Å². The lowest BCUT2D eigenvalue weighted by Gasteiger charge is -2.00. The Morgan fingerprint density at radius 2 is 1.81 bits per heavy atom. The van der Waals surface area contributed by atoms with Crippen LogP contribution < -0.4 is 5.32 Å². The van der Waals surface area contributed by atoms with E-state index >= 15 is 0 Å². The molecule has 5 nitrogen and oxygen atoms in total. The topological polar surface area (TPSA) is 70.9 Å². The van der Waals surface area contributed by atoms with Crippen LogP contribution in [0.2, 0.25) is 0 Å². The van der Waals surface area contributed by atoms with Gasteiger partial charge in [0.15, 0.2) is 5.82 Å². The van der Waals surface area contributed by atoms with Crippen molar-refractivity contribution < 1.29 is 9.21 Å². The summed E-state index contributed by atoms with van der Waals surface area (Å²) in [6, 6.07) is 15.1. The van der Waals surface area contributed by atoms with Gasteiger partial charge in [0.1, 0.15) is 11.8 Å². The molecule has 0 bridgehead atoms. The highest BCUT2D eigenvalue weighted by molar-refractivity contribution is 6.13. The van der Waals surface area contributed by atoms with Gasteiger partial charge in [0, 0.05) is 10.8 Å². The molecule has 0 saturated heterocycles. The first-order chi connectivity index (χ1) is 10.3. The molecule has 21 heavy (non-hydrogen) atoms. The lowest BCUT2D eigenvalue weighted by Crippen LogP contribution is -2.11. The fraction of sp³-hybridized carbons (Fsp3) is 0. The van der Waals surface area contributed by atoms with E-state index in [-0.39, 0.29) is 5.91 Å². The van der Waals surface area contributed by atoms with Crippen molar-refractivity contribution in [3.8, 4) is 0 Å². The maximum atomic E-state index is 12.4. The zero-order chi connectivity index (χ0) is 14.2. The zero-order valence-electron chi connectivity index (χ0n) is 11.0. The second-order valence-electron chi connectivity index (χ2n) is 4.72. The number of amides is 1. The van der Waals surface area contributed by atoms with Crippen molar-refractivity contribution >= 4 is 33.6 Å². The van der Waals surface area contributed by atoms with Crippen LogP contribution >= 0.6 is 0 Å². The second-order valence-corrected chi connectivity index (χ2v) is 4.72. The van der Waals surface area contributed by atoms with Gasteiger partial charge in [0.2, 0.25) is 0 Å². The van der Waals surface area contributed by atoms with E-state index in [1.807, 2.05) is 48.5 Å². The van der Waals surface area contributed by atoms with Gasteiger partial charge in [-0.25, -0.2) is 0 Å². The minimum absolute atomic E-state index is 0.239. The first kappa shape index (κ1) is 11.7. The highest BCUT2D eigenvalue weighted by Gasteiger charge is 2.15. The Bertz CT molecular complexity index is 952. The van der Waals surface area contributed by atoms with Crippen LogP contribution in [-0.4, -0.2) is 16.1 Å². The highest BCUT2D eigenvalue weighted by atomic mass is 16.3. The first-order valence-corrected chi connectivity index (χ1v) is 6.53. The maximum absolute atomic E-state index is 12.4. The number of benzene rings is 2. The van der Waals surface area contributed by atoms with Crippen molar-refractivity contribution in [2.45, 2.75) is 0 Å². The van der Waals surface area contributed by atoms with E-state index in [9.17, 15) is 4.79 Å². The lowest BCUT2D eigenvalue weighted by atomic mass is 10.1. The number of nitrogens with zero attached hydrogens (tertiary/aromatic N) is 1. The maximum Gasteiger partial charge on any atom is 0.260 e. The molecule has 0 saturated carbocycles. The number of furan rings is 1. The predicted octanol–water partition coefficient (Wildman–Crippen LogP) is 3.56. The smallest absolute Gasteiger partial charge is 0.260 e. The number of carbonyl (C=O) groups is 1.